The Morgan fingerprint density at radius 2 is 2.31 bits per heavy atom. The molecule has 0 saturated carbocycles. The zero-order chi connectivity index (χ0) is 11.5. The Hall–Kier alpha value is -1.26. The van der Waals surface area contributed by atoms with Crippen LogP contribution in [0, 0.1) is 0 Å². The molecule has 3 nitrogen and oxygen atoms in total. The minimum absolute atomic E-state index is 0.0912. The molecule has 2 rings (SSSR count). The Labute approximate surface area is 103 Å². The van der Waals surface area contributed by atoms with Gasteiger partial charge < -0.3 is 10.4 Å². The van der Waals surface area contributed by atoms with Crippen molar-refractivity contribution in [1.82, 2.24) is 4.98 Å². The molecule has 0 radical (unpaired) electrons. The van der Waals surface area contributed by atoms with Crippen LogP contribution in [0.15, 0.2) is 29.1 Å². The van der Waals surface area contributed by atoms with Gasteiger partial charge >= 0.3 is 0 Å². The highest BCUT2D eigenvalue weighted by Gasteiger charge is 2.08. The van der Waals surface area contributed by atoms with Crippen molar-refractivity contribution in [2.24, 2.45) is 0 Å². The third kappa shape index (κ3) is 2.46. The number of nitrogens with zero attached hydrogens (tertiary/aromatic N) is 1. The van der Waals surface area contributed by atoms with E-state index in [-0.39, 0.29) is 11.8 Å². The molecule has 5 heteroatoms. The van der Waals surface area contributed by atoms with Crippen LogP contribution in [0.2, 0.25) is 5.02 Å². The molecule has 0 fully saturated rings. The van der Waals surface area contributed by atoms with E-state index in [0.29, 0.717) is 5.02 Å². The Morgan fingerprint density at radius 3 is 2.94 bits per heavy atom. The normalized spacial score (nSPS) is 12.4. The summed E-state index contributed by atoms with van der Waals surface area (Å²) in [5.41, 5.74) is 3.66. The Morgan fingerprint density at radius 1 is 1.50 bits per heavy atom. The Balaban J connectivity index is 2.12. The zero-order valence-electron chi connectivity index (χ0n) is 8.64. The monoisotopic (exact) mass is 254 g/mol. The molecule has 0 saturated heterocycles. The maximum Gasteiger partial charge on any atom is 0.134 e. The van der Waals surface area contributed by atoms with E-state index in [9.17, 15) is 5.11 Å². The van der Waals surface area contributed by atoms with Crippen molar-refractivity contribution in [2.45, 2.75) is 13.0 Å². The van der Waals surface area contributed by atoms with Gasteiger partial charge in [-0.1, -0.05) is 11.6 Å². The second-order valence-electron chi connectivity index (χ2n) is 3.45. The molecular weight excluding hydrogens is 244 g/mol. The molecule has 0 aliphatic heterocycles. The number of halogens is 1. The molecule has 1 aromatic heterocycles. The molecule has 0 aliphatic rings. The van der Waals surface area contributed by atoms with Gasteiger partial charge in [-0.15, -0.1) is 11.3 Å². The highest BCUT2D eigenvalue weighted by atomic mass is 35.5. The number of hydrogen-bond donors (Lipinski definition) is 2. The van der Waals surface area contributed by atoms with E-state index in [0.717, 1.165) is 11.4 Å². The van der Waals surface area contributed by atoms with Crippen LogP contribution < -0.4 is 5.32 Å². The average molecular weight is 255 g/mol. The molecular formula is C11H11ClN2OS. The summed E-state index contributed by atoms with van der Waals surface area (Å²) in [6, 6.07) is 5.16. The van der Waals surface area contributed by atoms with Crippen molar-refractivity contribution in [3.63, 3.8) is 0 Å². The predicted molar refractivity (Wildman–Crippen MR) is 67.3 cm³/mol. The van der Waals surface area contributed by atoms with Crippen LogP contribution in [-0.2, 0) is 0 Å². The van der Waals surface area contributed by atoms with Gasteiger partial charge in [0.05, 0.1) is 22.3 Å². The number of anilines is 1. The van der Waals surface area contributed by atoms with Crippen molar-refractivity contribution in [3.8, 4) is 5.75 Å². The first-order chi connectivity index (χ1) is 7.66. The lowest BCUT2D eigenvalue weighted by Crippen LogP contribution is -2.06. The molecule has 1 unspecified atom stereocenters. The van der Waals surface area contributed by atoms with Crippen LogP contribution in [0.5, 0.6) is 5.75 Å². The fourth-order valence-electron chi connectivity index (χ4n) is 1.36. The lowest BCUT2D eigenvalue weighted by atomic mass is 10.2. The molecule has 16 heavy (non-hydrogen) atoms. The van der Waals surface area contributed by atoms with Gasteiger partial charge in [-0.2, -0.15) is 0 Å². The lowest BCUT2D eigenvalue weighted by Gasteiger charge is -2.13. The van der Waals surface area contributed by atoms with E-state index < -0.39 is 0 Å². The first-order valence-corrected chi connectivity index (χ1v) is 6.12. The predicted octanol–water partition coefficient (Wildman–Crippen LogP) is 3.68. The molecule has 2 aromatic rings. The first-order valence-electron chi connectivity index (χ1n) is 4.80. The molecule has 84 valence electrons. The summed E-state index contributed by atoms with van der Waals surface area (Å²) in [7, 11) is 0. The third-order valence-corrected chi connectivity index (χ3v) is 3.13. The standard InChI is InChI=1S/C11H11ClN2OS/c1-7(10-5-16-6-13-10)14-8-2-3-11(15)9(12)4-8/h2-7,14-15H,1H3. The number of aromatic nitrogens is 1. The second-order valence-corrected chi connectivity index (χ2v) is 4.57. The fourth-order valence-corrected chi connectivity index (χ4v) is 2.18. The van der Waals surface area contributed by atoms with Gasteiger partial charge in [0.15, 0.2) is 0 Å². The molecule has 0 spiro atoms. The second kappa shape index (κ2) is 4.72. The molecule has 0 amide bonds. The van der Waals surface area contributed by atoms with Crippen LogP contribution in [0.4, 0.5) is 5.69 Å². The molecule has 2 N–H and O–H groups in total. The summed E-state index contributed by atoms with van der Waals surface area (Å²) in [5.74, 6) is 0.0912. The molecule has 1 heterocycles. The van der Waals surface area contributed by atoms with Crippen molar-refractivity contribution in [1.29, 1.82) is 0 Å². The largest absolute Gasteiger partial charge is 0.506 e. The number of aromatic hydroxyl groups is 1. The van der Waals surface area contributed by atoms with Crippen LogP contribution in [0.3, 0.4) is 0 Å². The van der Waals surface area contributed by atoms with E-state index in [1.165, 1.54) is 0 Å². The number of nitrogens with one attached hydrogen (secondary N) is 1. The van der Waals surface area contributed by atoms with E-state index in [1.807, 2.05) is 12.3 Å². The van der Waals surface area contributed by atoms with Crippen LogP contribution in [0.1, 0.15) is 18.7 Å². The lowest BCUT2D eigenvalue weighted by molar-refractivity contribution is 0.475. The minimum atomic E-state index is 0.0912. The molecule has 1 atom stereocenters. The Bertz CT molecular complexity index is 473. The summed E-state index contributed by atoms with van der Waals surface area (Å²) in [6.07, 6.45) is 0. The summed E-state index contributed by atoms with van der Waals surface area (Å²) in [5, 5.41) is 14.9. The van der Waals surface area contributed by atoms with Crippen molar-refractivity contribution < 1.29 is 5.11 Å². The zero-order valence-corrected chi connectivity index (χ0v) is 10.2. The highest BCUT2D eigenvalue weighted by molar-refractivity contribution is 7.07. The van der Waals surface area contributed by atoms with Gasteiger partial charge in [-0.05, 0) is 25.1 Å². The van der Waals surface area contributed by atoms with Gasteiger partial charge in [0.2, 0.25) is 0 Å². The third-order valence-electron chi connectivity index (χ3n) is 2.23. The summed E-state index contributed by atoms with van der Waals surface area (Å²) in [4.78, 5) is 4.23. The van der Waals surface area contributed by atoms with E-state index in [2.05, 4.69) is 10.3 Å². The van der Waals surface area contributed by atoms with Crippen LogP contribution >= 0.6 is 22.9 Å². The van der Waals surface area contributed by atoms with Crippen LogP contribution in [-0.4, -0.2) is 10.1 Å². The number of benzene rings is 1. The summed E-state index contributed by atoms with van der Waals surface area (Å²) < 4.78 is 0. The topological polar surface area (TPSA) is 45.1 Å². The number of phenols is 1. The van der Waals surface area contributed by atoms with Crippen LogP contribution in [0.25, 0.3) is 0 Å². The van der Waals surface area contributed by atoms with Crippen molar-refractivity contribution >= 4 is 28.6 Å². The maximum atomic E-state index is 9.29. The van der Waals surface area contributed by atoms with Gasteiger partial charge in [0, 0.05) is 11.1 Å². The summed E-state index contributed by atoms with van der Waals surface area (Å²) >= 11 is 7.39. The van der Waals surface area contributed by atoms with Crippen molar-refractivity contribution in [2.75, 3.05) is 5.32 Å². The van der Waals surface area contributed by atoms with Gasteiger partial charge in [-0.3, -0.25) is 0 Å². The van der Waals surface area contributed by atoms with E-state index >= 15 is 0 Å². The van der Waals surface area contributed by atoms with E-state index in [1.54, 1.807) is 35.0 Å². The number of hydrogen-bond acceptors (Lipinski definition) is 4. The molecule has 0 bridgehead atoms. The molecule has 0 aliphatic carbocycles. The van der Waals surface area contributed by atoms with Gasteiger partial charge in [0.25, 0.3) is 0 Å². The Kier molecular flexibility index (Phi) is 3.31. The SMILES string of the molecule is CC(Nc1ccc(O)c(Cl)c1)c1cscn1. The van der Waals surface area contributed by atoms with Gasteiger partial charge in [0.1, 0.15) is 5.75 Å². The first kappa shape index (κ1) is 11.2. The smallest absolute Gasteiger partial charge is 0.134 e. The molecule has 1 aromatic carbocycles. The fraction of sp³-hybridized carbons (Fsp3) is 0.182. The number of thiazole rings is 1. The van der Waals surface area contributed by atoms with E-state index in [4.69, 9.17) is 11.6 Å². The highest BCUT2D eigenvalue weighted by Crippen LogP contribution is 2.28. The van der Waals surface area contributed by atoms with Gasteiger partial charge in [-0.25, -0.2) is 4.98 Å². The maximum absolute atomic E-state index is 9.29. The quantitative estimate of drug-likeness (QED) is 0.822. The number of phenolic OH excluding ortho intramolecular Hbond substituents is 1. The van der Waals surface area contributed by atoms with Crippen molar-refractivity contribution in [3.05, 3.63) is 39.8 Å². The minimum Gasteiger partial charge on any atom is -0.506 e. The summed E-state index contributed by atoms with van der Waals surface area (Å²) in [6.45, 7) is 2.02. The average Bonchev–Trinajstić information content (AvgIpc) is 2.77. The number of rotatable bonds is 3.